The van der Waals surface area contributed by atoms with Crippen molar-refractivity contribution in [3.8, 4) is 5.75 Å². The summed E-state index contributed by atoms with van der Waals surface area (Å²) in [5.41, 5.74) is -0.347. The van der Waals surface area contributed by atoms with E-state index in [1.807, 2.05) is 6.92 Å². The van der Waals surface area contributed by atoms with Crippen molar-refractivity contribution in [3.05, 3.63) is 29.8 Å². The minimum absolute atomic E-state index is 0.0369. The topological polar surface area (TPSA) is 108 Å². The summed E-state index contributed by atoms with van der Waals surface area (Å²) in [4.78, 5) is 41.8. The van der Waals surface area contributed by atoms with Crippen molar-refractivity contribution >= 4 is 17.9 Å². The Labute approximate surface area is 222 Å². The van der Waals surface area contributed by atoms with Crippen LogP contribution in [-0.2, 0) is 14.3 Å². The van der Waals surface area contributed by atoms with E-state index in [2.05, 4.69) is 24.5 Å². The lowest BCUT2D eigenvalue weighted by molar-refractivity contribution is -0.145. The number of ether oxygens (including phenoxy) is 1. The number of nitrogens with zero attached hydrogens (tertiary/aromatic N) is 1. The average molecular weight is 518 g/mol. The van der Waals surface area contributed by atoms with E-state index in [0.717, 1.165) is 38.5 Å². The smallest absolute Gasteiger partial charge is 0.408 e. The van der Waals surface area contributed by atoms with Gasteiger partial charge in [-0.2, -0.15) is 0 Å². The van der Waals surface area contributed by atoms with Crippen LogP contribution < -0.4 is 10.6 Å². The van der Waals surface area contributed by atoms with E-state index in [4.69, 9.17) is 4.74 Å². The average Bonchev–Trinajstić information content (AvgIpc) is 2.80. The van der Waals surface area contributed by atoms with Gasteiger partial charge in [0.2, 0.25) is 11.8 Å². The van der Waals surface area contributed by atoms with Gasteiger partial charge in [-0.05, 0) is 72.3 Å². The number of phenolic OH excluding ortho intramolecular Hbond substituents is 1. The Morgan fingerprint density at radius 3 is 2.22 bits per heavy atom. The first-order chi connectivity index (χ1) is 17.3. The molecule has 1 saturated carbocycles. The number of phenols is 1. The van der Waals surface area contributed by atoms with Gasteiger partial charge in [0.25, 0.3) is 0 Å². The standard InChI is InChI=1S/C29H47N3O5/c1-19(2)17-18-20(3)32(27(35)21(4)30-28(36)37-29(5,6)7)25(23-15-11-12-16-24(23)33)26(34)31-22-13-9-8-10-14-22/h11-12,15-16,19-22,25,33H,8-10,13-14,17-18H2,1-7H3,(H,30,36)(H,31,34). The number of nitrogens with one attached hydrogen (secondary N) is 2. The van der Waals surface area contributed by atoms with Gasteiger partial charge in [-0.3, -0.25) is 9.59 Å². The van der Waals surface area contributed by atoms with E-state index in [1.165, 1.54) is 11.0 Å². The van der Waals surface area contributed by atoms with Crippen LogP contribution in [0.1, 0.15) is 105 Å². The minimum Gasteiger partial charge on any atom is -0.508 e. The lowest BCUT2D eigenvalue weighted by atomic mass is 9.93. The lowest BCUT2D eigenvalue weighted by Gasteiger charge is -2.39. The molecule has 1 fully saturated rings. The predicted molar refractivity (Wildman–Crippen MR) is 145 cm³/mol. The molecule has 1 aromatic carbocycles. The Morgan fingerprint density at radius 1 is 1.03 bits per heavy atom. The molecule has 3 unspecified atom stereocenters. The van der Waals surface area contributed by atoms with E-state index in [-0.39, 0.29) is 23.7 Å². The van der Waals surface area contributed by atoms with Crippen LogP contribution in [0, 0.1) is 5.92 Å². The maximum atomic E-state index is 13.9. The SMILES string of the molecule is CC(C)CCC(C)N(C(=O)C(C)NC(=O)OC(C)(C)C)C(C(=O)NC1CCCCC1)c1ccccc1O. The van der Waals surface area contributed by atoms with Crippen molar-refractivity contribution in [3.63, 3.8) is 0 Å². The minimum atomic E-state index is -1.04. The Hall–Kier alpha value is -2.77. The molecule has 0 bridgehead atoms. The second-order valence-corrected chi connectivity index (χ2v) is 11.7. The number of hydrogen-bond acceptors (Lipinski definition) is 5. The predicted octanol–water partition coefficient (Wildman–Crippen LogP) is 5.45. The van der Waals surface area contributed by atoms with Crippen LogP contribution >= 0.6 is 0 Å². The fourth-order valence-corrected chi connectivity index (χ4v) is 4.75. The summed E-state index contributed by atoms with van der Waals surface area (Å²) in [5.74, 6) is -0.360. The molecule has 0 saturated heterocycles. The van der Waals surface area contributed by atoms with Crippen molar-refractivity contribution in [1.29, 1.82) is 0 Å². The zero-order valence-corrected chi connectivity index (χ0v) is 23.7. The summed E-state index contributed by atoms with van der Waals surface area (Å²) >= 11 is 0. The fourth-order valence-electron chi connectivity index (χ4n) is 4.75. The molecule has 208 valence electrons. The number of aromatic hydroxyl groups is 1. The first kappa shape index (κ1) is 30.5. The summed E-state index contributed by atoms with van der Waals surface area (Å²) in [6, 6.07) is 4.39. The summed E-state index contributed by atoms with van der Waals surface area (Å²) in [7, 11) is 0. The molecule has 0 aromatic heterocycles. The third kappa shape index (κ3) is 9.56. The normalized spacial score (nSPS) is 17.0. The number of hydrogen-bond donors (Lipinski definition) is 3. The van der Waals surface area contributed by atoms with Crippen molar-refractivity contribution in [2.24, 2.45) is 5.92 Å². The number of carbonyl (C=O) groups excluding carboxylic acids is 3. The molecule has 8 nitrogen and oxygen atoms in total. The van der Waals surface area contributed by atoms with Gasteiger partial charge in [-0.15, -0.1) is 0 Å². The van der Waals surface area contributed by atoms with Gasteiger partial charge in [-0.1, -0.05) is 51.3 Å². The number of alkyl carbamates (subject to hydrolysis) is 1. The molecule has 8 heteroatoms. The van der Waals surface area contributed by atoms with Crippen LogP contribution in [0.15, 0.2) is 24.3 Å². The Kier molecular flexibility index (Phi) is 11.3. The summed E-state index contributed by atoms with van der Waals surface area (Å²) < 4.78 is 5.35. The van der Waals surface area contributed by atoms with Crippen LogP contribution in [0.2, 0.25) is 0 Å². The fraction of sp³-hybridized carbons (Fsp3) is 0.690. The van der Waals surface area contributed by atoms with Gasteiger partial charge in [-0.25, -0.2) is 4.79 Å². The number of carbonyl (C=O) groups is 3. The van der Waals surface area contributed by atoms with Crippen molar-refractivity contribution < 1.29 is 24.2 Å². The van der Waals surface area contributed by atoms with Crippen molar-refractivity contribution in [1.82, 2.24) is 15.5 Å². The zero-order valence-electron chi connectivity index (χ0n) is 23.7. The largest absolute Gasteiger partial charge is 0.508 e. The highest BCUT2D eigenvalue weighted by atomic mass is 16.6. The van der Waals surface area contributed by atoms with Crippen LogP contribution in [0.5, 0.6) is 5.75 Å². The molecule has 0 aliphatic heterocycles. The molecular weight excluding hydrogens is 470 g/mol. The highest BCUT2D eigenvalue weighted by molar-refractivity contribution is 5.92. The second-order valence-electron chi connectivity index (χ2n) is 11.7. The van der Waals surface area contributed by atoms with E-state index in [1.54, 1.807) is 45.9 Å². The van der Waals surface area contributed by atoms with Gasteiger partial charge in [0.05, 0.1) is 0 Å². The first-order valence-electron chi connectivity index (χ1n) is 13.7. The number of rotatable bonds is 10. The Morgan fingerprint density at radius 2 is 1.65 bits per heavy atom. The molecule has 1 aliphatic rings. The van der Waals surface area contributed by atoms with Crippen LogP contribution in [0.25, 0.3) is 0 Å². The summed E-state index contributed by atoms with van der Waals surface area (Å²) in [6.45, 7) is 13.0. The third-order valence-electron chi connectivity index (χ3n) is 6.70. The molecule has 0 heterocycles. The summed E-state index contributed by atoms with van der Waals surface area (Å²) in [6.07, 6.45) is 5.88. The van der Waals surface area contributed by atoms with E-state index < -0.39 is 29.7 Å². The monoisotopic (exact) mass is 517 g/mol. The van der Waals surface area contributed by atoms with Gasteiger partial charge in [0, 0.05) is 17.6 Å². The quantitative estimate of drug-likeness (QED) is 0.383. The van der Waals surface area contributed by atoms with Crippen LogP contribution in [-0.4, -0.2) is 51.6 Å². The molecule has 37 heavy (non-hydrogen) atoms. The van der Waals surface area contributed by atoms with Crippen LogP contribution in [0.4, 0.5) is 4.79 Å². The van der Waals surface area contributed by atoms with Crippen molar-refractivity contribution in [2.75, 3.05) is 0 Å². The summed E-state index contributed by atoms with van der Waals surface area (Å²) in [5, 5.41) is 16.6. The van der Waals surface area contributed by atoms with E-state index in [0.29, 0.717) is 17.9 Å². The highest BCUT2D eigenvalue weighted by Gasteiger charge is 2.39. The van der Waals surface area contributed by atoms with E-state index >= 15 is 0 Å². The zero-order chi connectivity index (χ0) is 27.8. The second kappa shape index (κ2) is 13.7. The third-order valence-corrected chi connectivity index (χ3v) is 6.70. The number of amides is 3. The highest BCUT2D eigenvalue weighted by Crippen LogP contribution is 2.33. The molecule has 3 atom stereocenters. The maximum absolute atomic E-state index is 13.9. The first-order valence-corrected chi connectivity index (χ1v) is 13.7. The lowest BCUT2D eigenvalue weighted by Crippen LogP contribution is -2.55. The van der Waals surface area contributed by atoms with E-state index in [9.17, 15) is 19.5 Å². The molecule has 1 aliphatic carbocycles. The Balaban J connectivity index is 2.44. The molecule has 1 aromatic rings. The van der Waals surface area contributed by atoms with Gasteiger partial charge in [0.15, 0.2) is 0 Å². The molecule has 0 spiro atoms. The van der Waals surface area contributed by atoms with Crippen LogP contribution in [0.3, 0.4) is 0 Å². The Bertz CT molecular complexity index is 905. The molecule has 3 N–H and O–H groups in total. The van der Waals surface area contributed by atoms with Gasteiger partial charge < -0.3 is 25.4 Å². The van der Waals surface area contributed by atoms with Gasteiger partial charge in [0.1, 0.15) is 23.4 Å². The molecule has 0 radical (unpaired) electrons. The van der Waals surface area contributed by atoms with Gasteiger partial charge >= 0.3 is 6.09 Å². The number of benzene rings is 1. The maximum Gasteiger partial charge on any atom is 0.408 e. The molecular formula is C29H47N3O5. The van der Waals surface area contributed by atoms with Crippen molar-refractivity contribution in [2.45, 2.75) is 123 Å². The molecule has 2 rings (SSSR count). The molecule has 3 amide bonds. The number of para-hydroxylation sites is 1.